The molecule has 0 aromatic heterocycles. The number of benzene rings is 1. The molecule has 1 fully saturated rings. The van der Waals surface area contributed by atoms with Crippen LogP contribution in [0.5, 0.6) is 0 Å². The molecule has 1 aromatic rings. The largest absolute Gasteiger partial charge is 0.326 e. The SMILES string of the molecule is CC(C)c1ccc(N2CCN(C)C2=O)c(Cl)c1. The maximum absolute atomic E-state index is 11.9. The molecule has 4 heteroatoms. The summed E-state index contributed by atoms with van der Waals surface area (Å²) in [5, 5.41) is 0.653. The lowest BCUT2D eigenvalue weighted by Crippen LogP contribution is -2.29. The van der Waals surface area contributed by atoms with Gasteiger partial charge in [-0.25, -0.2) is 4.79 Å². The molecular formula is C13H17ClN2O. The molecule has 1 aliphatic rings. The van der Waals surface area contributed by atoms with E-state index in [1.165, 1.54) is 5.56 Å². The summed E-state index contributed by atoms with van der Waals surface area (Å²) in [6, 6.07) is 5.95. The van der Waals surface area contributed by atoms with Crippen LogP contribution in [0, 0.1) is 0 Å². The van der Waals surface area contributed by atoms with E-state index in [-0.39, 0.29) is 6.03 Å². The van der Waals surface area contributed by atoms with Crippen molar-refractivity contribution in [2.45, 2.75) is 19.8 Å². The highest BCUT2D eigenvalue weighted by Gasteiger charge is 2.27. The number of halogens is 1. The fourth-order valence-electron chi connectivity index (χ4n) is 1.97. The van der Waals surface area contributed by atoms with Crippen molar-refractivity contribution in [3.05, 3.63) is 28.8 Å². The number of anilines is 1. The molecule has 3 nitrogen and oxygen atoms in total. The van der Waals surface area contributed by atoms with Crippen LogP contribution in [-0.4, -0.2) is 31.1 Å². The predicted molar refractivity (Wildman–Crippen MR) is 70.9 cm³/mol. The molecular weight excluding hydrogens is 236 g/mol. The second-order valence-electron chi connectivity index (χ2n) is 4.72. The normalized spacial score (nSPS) is 16.2. The third kappa shape index (κ3) is 2.25. The van der Waals surface area contributed by atoms with Gasteiger partial charge in [0.05, 0.1) is 10.7 Å². The van der Waals surface area contributed by atoms with Crippen LogP contribution >= 0.6 is 11.6 Å². The Labute approximate surface area is 107 Å². The quantitative estimate of drug-likeness (QED) is 0.792. The maximum Gasteiger partial charge on any atom is 0.324 e. The van der Waals surface area contributed by atoms with Crippen LogP contribution < -0.4 is 4.90 Å². The number of rotatable bonds is 2. The number of hydrogen-bond acceptors (Lipinski definition) is 1. The smallest absolute Gasteiger partial charge is 0.324 e. The summed E-state index contributed by atoms with van der Waals surface area (Å²) in [7, 11) is 1.80. The summed E-state index contributed by atoms with van der Waals surface area (Å²) in [4.78, 5) is 15.3. The lowest BCUT2D eigenvalue weighted by Gasteiger charge is -2.18. The minimum atomic E-state index is 0.0178. The van der Waals surface area contributed by atoms with E-state index < -0.39 is 0 Å². The van der Waals surface area contributed by atoms with Gasteiger partial charge in [-0.15, -0.1) is 0 Å². The van der Waals surface area contributed by atoms with Gasteiger partial charge in [0.15, 0.2) is 0 Å². The second-order valence-corrected chi connectivity index (χ2v) is 5.13. The zero-order valence-corrected chi connectivity index (χ0v) is 11.2. The van der Waals surface area contributed by atoms with Gasteiger partial charge >= 0.3 is 6.03 Å². The van der Waals surface area contributed by atoms with Crippen LogP contribution in [0.25, 0.3) is 0 Å². The van der Waals surface area contributed by atoms with Gasteiger partial charge in [0, 0.05) is 20.1 Å². The Kier molecular flexibility index (Phi) is 3.29. The summed E-state index contributed by atoms with van der Waals surface area (Å²) in [5.41, 5.74) is 2.00. The third-order valence-electron chi connectivity index (χ3n) is 3.15. The Morgan fingerprint density at radius 1 is 1.29 bits per heavy atom. The number of carbonyl (C=O) groups is 1. The van der Waals surface area contributed by atoms with Gasteiger partial charge in [0.25, 0.3) is 0 Å². The summed E-state index contributed by atoms with van der Waals surface area (Å²) in [6.07, 6.45) is 0. The average Bonchev–Trinajstić information content (AvgIpc) is 2.60. The monoisotopic (exact) mass is 252 g/mol. The molecule has 0 aliphatic carbocycles. The zero-order valence-electron chi connectivity index (χ0n) is 10.4. The predicted octanol–water partition coefficient (Wildman–Crippen LogP) is 3.34. The lowest BCUT2D eigenvalue weighted by atomic mass is 10.0. The molecule has 92 valence electrons. The van der Waals surface area contributed by atoms with Gasteiger partial charge < -0.3 is 4.90 Å². The van der Waals surface area contributed by atoms with Crippen molar-refractivity contribution in [2.24, 2.45) is 0 Å². The standard InChI is InChI=1S/C13H17ClN2O/c1-9(2)10-4-5-12(11(14)8-10)16-7-6-15(3)13(16)17/h4-5,8-9H,6-7H2,1-3H3. The Morgan fingerprint density at radius 2 is 2.00 bits per heavy atom. The number of carbonyl (C=O) groups excluding carboxylic acids is 1. The molecule has 0 radical (unpaired) electrons. The third-order valence-corrected chi connectivity index (χ3v) is 3.45. The van der Waals surface area contributed by atoms with Crippen LogP contribution in [0.15, 0.2) is 18.2 Å². The van der Waals surface area contributed by atoms with Crippen molar-refractivity contribution >= 4 is 23.3 Å². The van der Waals surface area contributed by atoms with Gasteiger partial charge in [-0.2, -0.15) is 0 Å². The Morgan fingerprint density at radius 3 is 2.47 bits per heavy atom. The lowest BCUT2D eigenvalue weighted by molar-refractivity contribution is 0.229. The molecule has 0 unspecified atom stereocenters. The molecule has 1 saturated heterocycles. The van der Waals surface area contributed by atoms with E-state index in [4.69, 9.17) is 11.6 Å². The van der Waals surface area contributed by atoms with E-state index >= 15 is 0 Å². The fraction of sp³-hybridized carbons (Fsp3) is 0.462. The highest BCUT2D eigenvalue weighted by molar-refractivity contribution is 6.33. The highest BCUT2D eigenvalue weighted by atomic mass is 35.5. The molecule has 2 rings (SSSR count). The van der Waals surface area contributed by atoms with Crippen molar-refractivity contribution in [3.8, 4) is 0 Å². The summed E-state index contributed by atoms with van der Waals surface area (Å²) < 4.78 is 0. The van der Waals surface area contributed by atoms with Crippen LogP contribution in [0.3, 0.4) is 0 Å². The second kappa shape index (κ2) is 4.57. The topological polar surface area (TPSA) is 23.6 Å². The average molecular weight is 253 g/mol. The van der Waals surface area contributed by atoms with E-state index in [0.29, 0.717) is 17.5 Å². The van der Waals surface area contributed by atoms with E-state index in [1.54, 1.807) is 16.8 Å². The Hall–Kier alpha value is -1.22. The van der Waals surface area contributed by atoms with Crippen molar-refractivity contribution < 1.29 is 4.79 Å². The van der Waals surface area contributed by atoms with Gasteiger partial charge in [0.1, 0.15) is 0 Å². The van der Waals surface area contributed by atoms with Crippen molar-refractivity contribution in [1.29, 1.82) is 0 Å². The molecule has 1 aliphatic heterocycles. The summed E-state index contributed by atoms with van der Waals surface area (Å²) in [6.45, 7) is 5.71. The fourth-order valence-corrected chi connectivity index (χ4v) is 2.26. The molecule has 0 saturated carbocycles. The number of nitrogens with zero attached hydrogens (tertiary/aromatic N) is 2. The van der Waals surface area contributed by atoms with Gasteiger partial charge in [-0.3, -0.25) is 4.90 Å². The van der Waals surface area contributed by atoms with Crippen molar-refractivity contribution in [3.63, 3.8) is 0 Å². The van der Waals surface area contributed by atoms with Crippen LogP contribution in [0.4, 0.5) is 10.5 Å². The van der Waals surface area contributed by atoms with Crippen molar-refractivity contribution in [2.75, 3.05) is 25.0 Å². The van der Waals surface area contributed by atoms with Crippen LogP contribution in [0.2, 0.25) is 5.02 Å². The zero-order chi connectivity index (χ0) is 12.6. The van der Waals surface area contributed by atoms with Gasteiger partial charge in [0.2, 0.25) is 0 Å². The van der Waals surface area contributed by atoms with E-state index in [0.717, 1.165) is 12.2 Å². The molecule has 0 spiro atoms. The Balaban J connectivity index is 2.31. The molecule has 2 amide bonds. The summed E-state index contributed by atoms with van der Waals surface area (Å²) in [5.74, 6) is 0.443. The highest BCUT2D eigenvalue weighted by Crippen LogP contribution is 2.31. The molecule has 0 bridgehead atoms. The van der Waals surface area contributed by atoms with Crippen molar-refractivity contribution in [1.82, 2.24) is 4.90 Å². The molecule has 17 heavy (non-hydrogen) atoms. The van der Waals surface area contributed by atoms with Crippen LogP contribution in [0.1, 0.15) is 25.3 Å². The van der Waals surface area contributed by atoms with E-state index in [2.05, 4.69) is 13.8 Å². The Bertz CT molecular complexity index is 445. The number of likely N-dealkylation sites (N-methyl/N-ethyl adjacent to an activating group) is 1. The van der Waals surface area contributed by atoms with Crippen LogP contribution in [-0.2, 0) is 0 Å². The first kappa shape index (κ1) is 12.2. The first-order valence-corrected chi connectivity index (χ1v) is 6.20. The molecule has 0 N–H and O–H groups in total. The van der Waals surface area contributed by atoms with E-state index in [1.807, 2.05) is 18.2 Å². The number of amides is 2. The molecule has 1 heterocycles. The van der Waals surface area contributed by atoms with Gasteiger partial charge in [-0.1, -0.05) is 31.5 Å². The number of hydrogen-bond donors (Lipinski definition) is 0. The van der Waals surface area contributed by atoms with E-state index in [9.17, 15) is 4.79 Å². The minimum absolute atomic E-state index is 0.0178. The molecule has 1 aromatic carbocycles. The number of urea groups is 1. The first-order valence-electron chi connectivity index (χ1n) is 5.83. The first-order chi connectivity index (χ1) is 8.00. The molecule has 0 atom stereocenters. The summed E-state index contributed by atoms with van der Waals surface area (Å²) >= 11 is 6.25. The van der Waals surface area contributed by atoms with Gasteiger partial charge in [-0.05, 0) is 23.6 Å². The minimum Gasteiger partial charge on any atom is -0.326 e. The maximum atomic E-state index is 11.9.